The van der Waals surface area contributed by atoms with Crippen molar-refractivity contribution in [2.75, 3.05) is 12.4 Å². The number of rotatable bonds is 4. The average Bonchev–Trinajstić information content (AvgIpc) is 3.17. The molecule has 5 nitrogen and oxygen atoms in total. The molecular weight excluding hydrogens is 300 g/mol. The van der Waals surface area contributed by atoms with Crippen LogP contribution >= 0.6 is 11.3 Å². The van der Waals surface area contributed by atoms with Gasteiger partial charge in [0.2, 0.25) is 0 Å². The van der Waals surface area contributed by atoms with Crippen LogP contribution in [0, 0.1) is 6.92 Å². The Labute approximate surface area is 131 Å². The molecule has 22 heavy (non-hydrogen) atoms. The van der Waals surface area contributed by atoms with Crippen molar-refractivity contribution in [2.45, 2.75) is 6.92 Å². The van der Waals surface area contributed by atoms with Crippen molar-refractivity contribution in [2.24, 2.45) is 0 Å². The molecular formula is C16H14N2O3S. The third-order valence-electron chi connectivity index (χ3n) is 3.09. The molecule has 1 N–H and O–H groups in total. The van der Waals surface area contributed by atoms with Crippen LogP contribution in [-0.2, 0) is 0 Å². The van der Waals surface area contributed by atoms with E-state index in [9.17, 15) is 4.79 Å². The van der Waals surface area contributed by atoms with Gasteiger partial charge in [-0.25, -0.2) is 4.98 Å². The Kier molecular flexibility index (Phi) is 3.93. The normalized spacial score (nSPS) is 10.5. The van der Waals surface area contributed by atoms with Crippen LogP contribution < -0.4 is 10.1 Å². The first-order valence-electron chi connectivity index (χ1n) is 6.64. The van der Waals surface area contributed by atoms with Crippen LogP contribution in [0.2, 0.25) is 0 Å². The van der Waals surface area contributed by atoms with Crippen LogP contribution in [0.5, 0.6) is 5.75 Å². The number of nitrogens with one attached hydrogen (secondary N) is 1. The fourth-order valence-corrected chi connectivity index (χ4v) is 2.86. The molecule has 6 heteroatoms. The molecule has 0 aliphatic carbocycles. The van der Waals surface area contributed by atoms with Gasteiger partial charge in [0, 0.05) is 10.6 Å². The number of hydrogen-bond acceptors (Lipinski definition) is 5. The monoisotopic (exact) mass is 314 g/mol. The number of amides is 1. The lowest BCUT2D eigenvalue weighted by atomic mass is 10.3. The second kappa shape index (κ2) is 6.03. The first-order valence-corrected chi connectivity index (χ1v) is 7.45. The molecule has 0 unspecified atom stereocenters. The predicted octanol–water partition coefficient (Wildman–Crippen LogP) is 3.97. The van der Waals surface area contributed by atoms with Gasteiger partial charge >= 0.3 is 0 Å². The second-order valence-corrected chi connectivity index (χ2v) is 5.79. The molecule has 0 aliphatic heterocycles. The number of carbonyl (C=O) groups is 1. The number of ether oxygens (including phenoxy) is 1. The number of hydrogen-bond donors (Lipinski definition) is 1. The molecule has 2 heterocycles. The molecule has 1 amide bonds. The smallest absolute Gasteiger partial charge is 0.275 e. The lowest BCUT2D eigenvalue weighted by Gasteiger charge is -2.05. The summed E-state index contributed by atoms with van der Waals surface area (Å²) in [5.74, 6) is 1.16. The number of benzene rings is 1. The first-order chi connectivity index (χ1) is 10.7. The van der Waals surface area contributed by atoms with E-state index in [0.717, 1.165) is 10.6 Å². The maximum Gasteiger partial charge on any atom is 0.275 e. The minimum atomic E-state index is -0.239. The standard InChI is InChI=1S/C16H14N2O3S/c1-10-14(18-16(22-10)13-4-3-9-21-13)15(19)17-11-5-7-12(20-2)8-6-11/h3-9H,1-2H3,(H,17,19). The summed E-state index contributed by atoms with van der Waals surface area (Å²) in [7, 11) is 1.60. The van der Waals surface area contributed by atoms with E-state index in [2.05, 4.69) is 10.3 Å². The highest BCUT2D eigenvalue weighted by Gasteiger charge is 2.17. The minimum Gasteiger partial charge on any atom is -0.497 e. The van der Waals surface area contributed by atoms with Gasteiger partial charge in [-0.3, -0.25) is 4.79 Å². The maximum absolute atomic E-state index is 12.3. The zero-order valence-electron chi connectivity index (χ0n) is 12.1. The number of methoxy groups -OCH3 is 1. The number of thiazole rings is 1. The molecule has 0 spiro atoms. The van der Waals surface area contributed by atoms with Crippen LogP contribution in [0.3, 0.4) is 0 Å². The Hall–Kier alpha value is -2.60. The summed E-state index contributed by atoms with van der Waals surface area (Å²) in [5.41, 5.74) is 1.10. The van der Waals surface area contributed by atoms with E-state index >= 15 is 0 Å². The van der Waals surface area contributed by atoms with Gasteiger partial charge in [0.1, 0.15) is 11.4 Å². The van der Waals surface area contributed by atoms with E-state index in [1.807, 2.05) is 13.0 Å². The second-order valence-electron chi connectivity index (χ2n) is 4.58. The van der Waals surface area contributed by atoms with E-state index in [1.165, 1.54) is 11.3 Å². The third kappa shape index (κ3) is 2.87. The van der Waals surface area contributed by atoms with Gasteiger partial charge in [0.25, 0.3) is 5.91 Å². The highest BCUT2D eigenvalue weighted by Crippen LogP contribution is 2.28. The van der Waals surface area contributed by atoms with Gasteiger partial charge in [0.05, 0.1) is 13.4 Å². The minimum absolute atomic E-state index is 0.239. The molecule has 0 fully saturated rings. The molecule has 0 aliphatic rings. The first kappa shape index (κ1) is 14.3. The summed E-state index contributed by atoms with van der Waals surface area (Å²) in [6.45, 7) is 1.87. The van der Waals surface area contributed by atoms with E-state index in [-0.39, 0.29) is 5.91 Å². The SMILES string of the molecule is COc1ccc(NC(=O)c2nc(-c3ccco3)sc2C)cc1. The summed E-state index contributed by atoms with van der Waals surface area (Å²) in [4.78, 5) is 17.6. The molecule has 0 atom stereocenters. The van der Waals surface area contributed by atoms with E-state index in [4.69, 9.17) is 9.15 Å². The Balaban J connectivity index is 1.80. The third-order valence-corrected chi connectivity index (χ3v) is 4.08. The van der Waals surface area contributed by atoms with Crippen molar-refractivity contribution in [3.05, 3.63) is 53.2 Å². The molecule has 0 saturated carbocycles. The van der Waals surface area contributed by atoms with Crippen LogP contribution in [0.4, 0.5) is 5.69 Å². The molecule has 112 valence electrons. The van der Waals surface area contributed by atoms with Crippen LogP contribution in [-0.4, -0.2) is 18.0 Å². The zero-order valence-corrected chi connectivity index (χ0v) is 12.9. The molecule has 0 saturated heterocycles. The van der Waals surface area contributed by atoms with Crippen molar-refractivity contribution < 1.29 is 13.9 Å². The number of anilines is 1. The summed E-state index contributed by atoms with van der Waals surface area (Å²) in [6, 6.07) is 10.8. The highest BCUT2D eigenvalue weighted by atomic mass is 32.1. The van der Waals surface area contributed by atoms with E-state index in [0.29, 0.717) is 22.1 Å². The molecule has 3 rings (SSSR count). The predicted molar refractivity (Wildman–Crippen MR) is 85.5 cm³/mol. The summed E-state index contributed by atoms with van der Waals surface area (Å²) < 4.78 is 10.4. The molecule has 3 aromatic rings. The van der Waals surface area contributed by atoms with Gasteiger partial charge in [-0.1, -0.05) is 0 Å². The van der Waals surface area contributed by atoms with Gasteiger partial charge in [-0.05, 0) is 43.3 Å². The van der Waals surface area contributed by atoms with E-state index in [1.54, 1.807) is 43.7 Å². The van der Waals surface area contributed by atoms with Crippen molar-refractivity contribution in [3.63, 3.8) is 0 Å². The van der Waals surface area contributed by atoms with Gasteiger partial charge in [0.15, 0.2) is 10.8 Å². The largest absolute Gasteiger partial charge is 0.497 e. The van der Waals surface area contributed by atoms with Crippen molar-refractivity contribution in [1.82, 2.24) is 4.98 Å². The molecule has 0 radical (unpaired) electrons. The van der Waals surface area contributed by atoms with Gasteiger partial charge in [-0.15, -0.1) is 11.3 Å². The fourth-order valence-electron chi connectivity index (χ4n) is 1.98. The number of nitrogens with zero attached hydrogens (tertiary/aromatic N) is 1. The van der Waals surface area contributed by atoms with Crippen LogP contribution in [0.15, 0.2) is 47.1 Å². The number of furan rings is 1. The number of aromatic nitrogens is 1. The average molecular weight is 314 g/mol. The van der Waals surface area contributed by atoms with Crippen molar-refractivity contribution in [1.29, 1.82) is 0 Å². The summed E-state index contributed by atoms with van der Waals surface area (Å²) >= 11 is 1.43. The van der Waals surface area contributed by atoms with Gasteiger partial charge in [-0.2, -0.15) is 0 Å². The molecule has 0 bridgehead atoms. The topological polar surface area (TPSA) is 64.4 Å². The Morgan fingerprint density at radius 3 is 2.68 bits per heavy atom. The lowest BCUT2D eigenvalue weighted by molar-refractivity contribution is 0.102. The van der Waals surface area contributed by atoms with Crippen molar-refractivity contribution >= 4 is 22.9 Å². The number of carbonyl (C=O) groups excluding carboxylic acids is 1. The molecule has 2 aromatic heterocycles. The Bertz CT molecular complexity index is 776. The summed E-state index contributed by atoms with van der Waals surface area (Å²) in [6.07, 6.45) is 1.59. The quantitative estimate of drug-likeness (QED) is 0.791. The lowest BCUT2D eigenvalue weighted by Crippen LogP contribution is -2.13. The fraction of sp³-hybridized carbons (Fsp3) is 0.125. The summed E-state index contributed by atoms with van der Waals surface area (Å²) in [5, 5.41) is 3.52. The van der Waals surface area contributed by atoms with Crippen LogP contribution in [0.25, 0.3) is 10.8 Å². The maximum atomic E-state index is 12.3. The van der Waals surface area contributed by atoms with Crippen molar-refractivity contribution in [3.8, 4) is 16.5 Å². The Morgan fingerprint density at radius 1 is 1.27 bits per heavy atom. The van der Waals surface area contributed by atoms with Gasteiger partial charge < -0.3 is 14.5 Å². The Morgan fingerprint density at radius 2 is 2.05 bits per heavy atom. The molecule has 1 aromatic carbocycles. The van der Waals surface area contributed by atoms with E-state index < -0.39 is 0 Å². The zero-order chi connectivity index (χ0) is 15.5. The number of aryl methyl sites for hydroxylation is 1. The highest BCUT2D eigenvalue weighted by molar-refractivity contribution is 7.15. The van der Waals surface area contributed by atoms with Crippen LogP contribution in [0.1, 0.15) is 15.4 Å².